The maximum atomic E-state index is 12.8. The molecule has 4 bridgehead atoms. The van der Waals surface area contributed by atoms with Crippen LogP contribution < -0.4 is 5.32 Å². The summed E-state index contributed by atoms with van der Waals surface area (Å²) in [6.07, 6.45) is 10.8. The van der Waals surface area contributed by atoms with Gasteiger partial charge in [0.1, 0.15) is 6.04 Å². The minimum Gasteiger partial charge on any atom is -0.351 e. The summed E-state index contributed by atoms with van der Waals surface area (Å²) in [5.74, 6) is 3.39. The highest BCUT2D eigenvalue weighted by Crippen LogP contribution is 2.53. The molecule has 1 heterocycles. The topological polar surface area (TPSA) is 46.9 Å². The molecule has 120 valence electrons. The van der Waals surface area contributed by atoms with Crippen LogP contribution in [0.4, 0.5) is 0 Å². The van der Waals surface area contributed by atoms with Crippen molar-refractivity contribution in [3.8, 4) is 0 Å². The van der Waals surface area contributed by atoms with Gasteiger partial charge in [-0.05, 0) is 62.2 Å². The van der Waals surface area contributed by atoms with Crippen LogP contribution in [0.1, 0.15) is 51.5 Å². The van der Waals surface area contributed by atoms with Gasteiger partial charge in [-0.3, -0.25) is 9.48 Å². The van der Waals surface area contributed by atoms with Crippen LogP contribution in [0.2, 0.25) is 5.02 Å². The maximum Gasteiger partial charge on any atom is 0.245 e. The molecule has 0 aromatic carbocycles. The Bertz CT molecular complexity index is 542. The van der Waals surface area contributed by atoms with E-state index >= 15 is 0 Å². The van der Waals surface area contributed by atoms with Gasteiger partial charge in [0.15, 0.2) is 0 Å². The Balaban J connectivity index is 1.47. The number of halogens is 1. The van der Waals surface area contributed by atoms with E-state index in [0.717, 1.165) is 18.3 Å². The van der Waals surface area contributed by atoms with Gasteiger partial charge in [-0.25, -0.2) is 0 Å². The fraction of sp³-hybridized carbons (Fsp3) is 0.765. The Hall–Kier alpha value is -1.03. The first kappa shape index (κ1) is 14.6. The molecular weight excluding hydrogens is 298 g/mol. The van der Waals surface area contributed by atoms with Crippen molar-refractivity contribution < 1.29 is 4.79 Å². The van der Waals surface area contributed by atoms with Crippen LogP contribution in [0.5, 0.6) is 0 Å². The van der Waals surface area contributed by atoms with E-state index in [4.69, 9.17) is 11.6 Å². The van der Waals surface area contributed by atoms with Crippen molar-refractivity contribution in [2.24, 2.45) is 23.7 Å². The molecule has 1 N–H and O–H groups in total. The molecule has 1 atom stereocenters. The minimum absolute atomic E-state index is 0.111. The second-order valence-electron chi connectivity index (χ2n) is 7.53. The van der Waals surface area contributed by atoms with Gasteiger partial charge in [0.25, 0.3) is 0 Å². The lowest BCUT2D eigenvalue weighted by Gasteiger charge is -2.54. The lowest BCUT2D eigenvalue weighted by Crippen LogP contribution is -2.56. The summed E-state index contributed by atoms with van der Waals surface area (Å²) in [7, 11) is 0. The molecule has 0 aliphatic heterocycles. The van der Waals surface area contributed by atoms with E-state index in [1.807, 2.05) is 6.92 Å². The third-order valence-corrected chi connectivity index (χ3v) is 6.31. The van der Waals surface area contributed by atoms with E-state index < -0.39 is 0 Å². The summed E-state index contributed by atoms with van der Waals surface area (Å²) in [5.41, 5.74) is 0. The molecule has 0 spiro atoms. The molecule has 1 amide bonds. The fourth-order valence-corrected chi connectivity index (χ4v) is 5.54. The Kier molecular flexibility index (Phi) is 3.67. The molecule has 4 aliphatic rings. The van der Waals surface area contributed by atoms with Crippen molar-refractivity contribution >= 4 is 17.5 Å². The van der Waals surface area contributed by atoms with Crippen LogP contribution in [0.15, 0.2) is 12.4 Å². The molecule has 5 heteroatoms. The van der Waals surface area contributed by atoms with E-state index in [2.05, 4.69) is 10.4 Å². The molecule has 0 saturated heterocycles. The zero-order chi connectivity index (χ0) is 15.3. The summed E-state index contributed by atoms with van der Waals surface area (Å²) in [6, 6.07) is 0.144. The number of rotatable bonds is 4. The highest BCUT2D eigenvalue weighted by atomic mass is 35.5. The second-order valence-corrected chi connectivity index (χ2v) is 7.96. The third-order valence-electron chi connectivity index (χ3n) is 6.11. The number of aromatic nitrogens is 2. The number of amides is 1. The van der Waals surface area contributed by atoms with Gasteiger partial charge >= 0.3 is 0 Å². The summed E-state index contributed by atoms with van der Waals surface area (Å²) in [4.78, 5) is 12.8. The summed E-state index contributed by atoms with van der Waals surface area (Å²) in [5, 5.41) is 8.18. The van der Waals surface area contributed by atoms with Crippen molar-refractivity contribution in [3.05, 3.63) is 17.4 Å². The average Bonchev–Trinajstić information content (AvgIpc) is 2.89. The van der Waals surface area contributed by atoms with Gasteiger partial charge in [-0.1, -0.05) is 18.5 Å². The van der Waals surface area contributed by atoms with Gasteiger partial charge in [-0.2, -0.15) is 5.10 Å². The third kappa shape index (κ3) is 2.45. The van der Waals surface area contributed by atoms with E-state index in [-0.39, 0.29) is 11.9 Å². The molecule has 5 rings (SSSR count). The van der Waals surface area contributed by atoms with Gasteiger partial charge in [0.05, 0.1) is 11.2 Å². The largest absolute Gasteiger partial charge is 0.351 e. The van der Waals surface area contributed by atoms with Gasteiger partial charge < -0.3 is 5.32 Å². The molecule has 1 aromatic rings. The first-order chi connectivity index (χ1) is 10.6. The molecular formula is C17H24ClN3O. The zero-order valence-electron chi connectivity index (χ0n) is 13.0. The zero-order valence-corrected chi connectivity index (χ0v) is 13.8. The van der Waals surface area contributed by atoms with Crippen molar-refractivity contribution in [3.63, 3.8) is 0 Å². The smallest absolute Gasteiger partial charge is 0.245 e. The van der Waals surface area contributed by atoms with E-state index in [0.29, 0.717) is 22.9 Å². The standard InChI is InChI=1S/C17H24ClN3O/c1-2-15(21-9-14(18)8-19-21)17(22)20-16-12-4-10-3-11(6-12)7-13(16)5-10/h8-13,15-16H,2-7H2,1H3,(H,20,22). The van der Waals surface area contributed by atoms with E-state index in [9.17, 15) is 4.79 Å². The number of nitrogens with zero attached hydrogens (tertiary/aromatic N) is 2. The molecule has 22 heavy (non-hydrogen) atoms. The number of carbonyl (C=O) groups is 1. The Morgan fingerprint density at radius 3 is 2.45 bits per heavy atom. The predicted molar refractivity (Wildman–Crippen MR) is 85.5 cm³/mol. The maximum absolute atomic E-state index is 12.8. The van der Waals surface area contributed by atoms with Gasteiger partial charge in [-0.15, -0.1) is 0 Å². The Morgan fingerprint density at radius 2 is 1.95 bits per heavy atom. The molecule has 1 aromatic heterocycles. The summed E-state index contributed by atoms with van der Waals surface area (Å²) < 4.78 is 1.70. The molecule has 4 saturated carbocycles. The lowest BCUT2D eigenvalue weighted by molar-refractivity contribution is -0.128. The summed E-state index contributed by atoms with van der Waals surface area (Å²) in [6.45, 7) is 2.02. The SMILES string of the molecule is CCC(C(=O)NC1C2CC3CC(C2)CC1C3)n1cc(Cl)cn1. The molecule has 4 fully saturated rings. The molecule has 4 aliphatic carbocycles. The van der Waals surface area contributed by atoms with Crippen LogP contribution in [0.25, 0.3) is 0 Å². The highest BCUT2D eigenvalue weighted by Gasteiger charge is 2.48. The highest BCUT2D eigenvalue weighted by molar-refractivity contribution is 6.30. The van der Waals surface area contributed by atoms with Crippen molar-refractivity contribution in [1.82, 2.24) is 15.1 Å². The van der Waals surface area contributed by atoms with Crippen LogP contribution in [-0.2, 0) is 4.79 Å². The average molecular weight is 322 g/mol. The molecule has 1 unspecified atom stereocenters. The Morgan fingerprint density at radius 1 is 1.32 bits per heavy atom. The van der Waals surface area contributed by atoms with Crippen molar-refractivity contribution in [2.75, 3.05) is 0 Å². The van der Waals surface area contributed by atoms with Crippen LogP contribution in [-0.4, -0.2) is 21.7 Å². The molecule has 4 nitrogen and oxygen atoms in total. The number of hydrogen-bond acceptors (Lipinski definition) is 2. The normalized spacial score (nSPS) is 37.3. The fourth-order valence-electron chi connectivity index (χ4n) is 5.40. The first-order valence-corrected chi connectivity index (χ1v) is 9.01. The number of hydrogen-bond donors (Lipinski definition) is 1. The molecule has 0 radical (unpaired) electrons. The monoisotopic (exact) mass is 321 g/mol. The number of carbonyl (C=O) groups excluding carboxylic acids is 1. The first-order valence-electron chi connectivity index (χ1n) is 8.64. The quantitative estimate of drug-likeness (QED) is 0.923. The van der Waals surface area contributed by atoms with Crippen LogP contribution >= 0.6 is 11.6 Å². The second kappa shape index (κ2) is 5.55. The predicted octanol–water partition coefficient (Wildman–Crippen LogP) is 3.43. The van der Waals surface area contributed by atoms with Gasteiger partial charge in [0.2, 0.25) is 5.91 Å². The minimum atomic E-state index is -0.246. The van der Waals surface area contributed by atoms with E-state index in [1.165, 1.54) is 32.1 Å². The lowest BCUT2D eigenvalue weighted by atomic mass is 9.54. The number of nitrogens with one attached hydrogen (secondary N) is 1. The van der Waals surface area contributed by atoms with E-state index in [1.54, 1.807) is 17.1 Å². The van der Waals surface area contributed by atoms with Crippen molar-refractivity contribution in [1.29, 1.82) is 0 Å². The Labute approximate surface area is 136 Å². The van der Waals surface area contributed by atoms with Crippen LogP contribution in [0.3, 0.4) is 0 Å². The van der Waals surface area contributed by atoms with Gasteiger partial charge in [0, 0.05) is 12.2 Å². The summed E-state index contributed by atoms with van der Waals surface area (Å²) >= 11 is 5.94. The van der Waals surface area contributed by atoms with Crippen molar-refractivity contribution in [2.45, 2.75) is 57.5 Å². The van der Waals surface area contributed by atoms with Crippen LogP contribution in [0, 0.1) is 23.7 Å².